The van der Waals surface area contributed by atoms with Gasteiger partial charge in [-0.25, -0.2) is 4.98 Å². The lowest BCUT2D eigenvalue weighted by atomic mass is 10.2. The fourth-order valence-electron chi connectivity index (χ4n) is 3.28. The highest BCUT2D eigenvalue weighted by molar-refractivity contribution is 5.81. The molecular formula is C18H21N3O2. The third-order valence-electron chi connectivity index (χ3n) is 4.76. The highest BCUT2D eigenvalue weighted by Crippen LogP contribution is 2.39. The summed E-state index contributed by atoms with van der Waals surface area (Å²) in [7, 11) is 0. The number of hydrogen-bond donors (Lipinski definition) is 0. The maximum absolute atomic E-state index is 12.7. The van der Waals surface area contributed by atoms with Crippen molar-refractivity contribution in [3.05, 3.63) is 48.4 Å². The lowest BCUT2D eigenvalue weighted by Crippen LogP contribution is -2.39. The molecule has 0 N–H and O–H groups in total. The van der Waals surface area contributed by atoms with Crippen LogP contribution in [0, 0.1) is 11.8 Å². The maximum Gasteiger partial charge on any atom is 0.226 e. The Morgan fingerprint density at radius 1 is 1.26 bits per heavy atom. The molecule has 0 bridgehead atoms. The van der Waals surface area contributed by atoms with Gasteiger partial charge in [-0.15, -0.1) is 0 Å². The van der Waals surface area contributed by atoms with Gasteiger partial charge in [0.25, 0.3) is 0 Å². The van der Waals surface area contributed by atoms with Crippen molar-refractivity contribution in [3.63, 3.8) is 0 Å². The Kier molecular flexibility index (Phi) is 3.56. The minimum Gasteiger partial charge on any atom is -0.471 e. The number of carbonyl (C=O) groups is 1. The van der Waals surface area contributed by atoms with Crippen LogP contribution in [0.2, 0.25) is 0 Å². The molecule has 2 aromatic heterocycles. The molecule has 3 atom stereocenters. The smallest absolute Gasteiger partial charge is 0.226 e. The standard InChI is InChI=1S/C18H21N3O2/c1-13-9-16(13)18(22)21-10-14-5-4-8-20(14)11-15(12-21)23-17-6-2-3-7-19-17/h2-8,13,15-16H,9-12H2,1H3/t13-,15+,16+/m1/s1. The number of nitrogens with zero attached hydrogens (tertiary/aromatic N) is 3. The van der Waals surface area contributed by atoms with E-state index in [1.54, 1.807) is 6.20 Å². The first-order chi connectivity index (χ1) is 11.2. The van der Waals surface area contributed by atoms with Crippen molar-refractivity contribution in [2.75, 3.05) is 6.54 Å². The molecule has 0 unspecified atom stereocenters. The van der Waals surface area contributed by atoms with E-state index < -0.39 is 0 Å². The molecule has 0 spiro atoms. The second kappa shape index (κ2) is 5.72. The van der Waals surface area contributed by atoms with E-state index in [-0.39, 0.29) is 17.9 Å². The van der Waals surface area contributed by atoms with E-state index in [9.17, 15) is 4.79 Å². The molecule has 5 heteroatoms. The maximum atomic E-state index is 12.7. The van der Waals surface area contributed by atoms with E-state index in [1.165, 1.54) is 5.69 Å². The van der Waals surface area contributed by atoms with Crippen LogP contribution < -0.4 is 4.74 Å². The van der Waals surface area contributed by atoms with Gasteiger partial charge in [0.1, 0.15) is 6.10 Å². The molecule has 0 aromatic carbocycles. The molecule has 23 heavy (non-hydrogen) atoms. The average molecular weight is 311 g/mol. The first kappa shape index (κ1) is 14.3. The normalized spacial score (nSPS) is 26.3. The zero-order chi connectivity index (χ0) is 15.8. The number of carbonyl (C=O) groups excluding carboxylic acids is 1. The molecule has 1 amide bonds. The van der Waals surface area contributed by atoms with Crippen LogP contribution in [0.5, 0.6) is 5.88 Å². The molecule has 2 aromatic rings. The molecule has 5 nitrogen and oxygen atoms in total. The number of rotatable bonds is 3. The van der Waals surface area contributed by atoms with Gasteiger partial charge in [-0.2, -0.15) is 0 Å². The summed E-state index contributed by atoms with van der Waals surface area (Å²) in [5, 5.41) is 0. The van der Waals surface area contributed by atoms with E-state index in [4.69, 9.17) is 4.74 Å². The van der Waals surface area contributed by atoms with E-state index >= 15 is 0 Å². The number of aromatic nitrogens is 2. The van der Waals surface area contributed by atoms with Crippen molar-refractivity contribution < 1.29 is 9.53 Å². The van der Waals surface area contributed by atoms with Gasteiger partial charge in [0.15, 0.2) is 0 Å². The first-order valence-electron chi connectivity index (χ1n) is 8.21. The van der Waals surface area contributed by atoms with Crippen LogP contribution in [0.25, 0.3) is 0 Å². The quantitative estimate of drug-likeness (QED) is 0.874. The minimum absolute atomic E-state index is 0.0865. The van der Waals surface area contributed by atoms with Gasteiger partial charge >= 0.3 is 0 Å². The SMILES string of the molecule is C[C@@H]1C[C@@H]1C(=O)N1Cc2cccn2C[C@H](Oc2ccccn2)C1. The van der Waals surface area contributed by atoms with Gasteiger partial charge in [0, 0.05) is 30.1 Å². The highest BCUT2D eigenvalue weighted by atomic mass is 16.5. The summed E-state index contributed by atoms with van der Waals surface area (Å²) in [5.74, 6) is 1.60. The Labute approximate surface area is 135 Å². The molecule has 1 aliphatic carbocycles. The summed E-state index contributed by atoms with van der Waals surface area (Å²) in [6.07, 6.45) is 4.71. The largest absolute Gasteiger partial charge is 0.471 e. The van der Waals surface area contributed by atoms with Crippen LogP contribution in [0.1, 0.15) is 19.0 Å². The molecular weight excluding hydrogens is 290 g/mol. The fourth-order valence-corrected chi connectivity index (χ4v) is 3.28. The van der Waals surface area contributed by atoms with Crippen LogP contribution in [0.15, 0.2) is 42.7 Å². The lowest BCUT2D eigenvalue weighted by molar-refractivity contribution is -0.134. The Balaban J connectivity index is 1.55. The monoisotopic (exact) mass is 311 g/mol. The molecule has 1 saturated carbocycles. The molecule has 2 aliphatic rings. The van der Waals surface area contributed by atoms with Crippen molar-refractivity contribution in [1.29, 1.82) is 0 Å². The van der Waals surface area contributed by atoms with Crippen molar-refractivity contribution in [3.8, 4) is 5.88 Å². The van der Waals surface area contributed by atoms with E-state index in [2.05, 4.69) is 28.7 Å². The third-order valence-corrected chi connectivity index (χ3v) is 4.76. The van der Waals surface area contributed by atoms with Crippen molar-refractivity contribution in [2.45, 2.75) is 32.5 Å². The average Bonchev–Trinajstić information content (AvgIpc) is 3.18. The van der Waals surface area contributed by atoms with Crippen molar-refractivity contribution >= 4 is 5.91 Å². The zero-order valence-corrected chi connectivity index (χ0v) is 13.3. The second-order valence-electron chi connectivity index (χ2n) is 6.60. The molecule has 1 fully saturated rings. The predicted molar refractivity (Wildman–Crippen MR) is 85.8 cm³/mol. The van der Waals surface area contributed by atoms with Gasteiger partial charge in [-0.3, -0.25) is 4.79 Å². The molecule has 120 valence electrons. The Bertz CT molecular complexity index is 697. The summed E-state index contributed by atoms with van der Waals surface area (Å²) >= 11 is 0. The van der Waals surface area contributed by atoms with Gasteiger partial charge in [-0.05, 0) is 30.5 Å². The number of ether oxygens (including phenoxy) is 1. The topological polar surface area (TPSA) is 47.4 Å². The second-order valence-corrected chi connectivity index (χ2v) is 6.60. The van der Waals surface area contributed by atoms with Crippen LogP contribution >= 0.6 is 0 Å². The summed E-state index contributed by atoms with van der Waals surface area (Å²) in [5.41, 5.74) is 1.17. The van der Waals surface area contributed by atoms with E-state index in [0.717, 1.165) is 13.0 Å². The predicted octanol–water partition coefficient (Wildman–Crippen LogP) is 2.33. The Morgan fingerprint density at radius 3 is 2.87 bits per heavy atom. The zero-order valence-electron chi connectivity index (χ0n) is 13.3. The molecule has 3 heterocycles. The number of pyridine rings is 1. The van der Waals surface area contributed by atoms with Crippen LogP contribution in [-0.2, 0) is 17.9 Å². The molecule has 0 saturated heterocycles. The fraction of sp³-hybridized carbons (Fsp3) is 0.444. The summed E-state index contributed by atoms with van der Waals surface area (Å²) in [6, 6.07) is 9.75. The van der Waals surface area contributed by atoms with Crippen LogP contribution in [0.3, 0.4) is 0 Å². The number of fused-ring (bicyclic) bond motifs is 1. The summed E-state index contributed by atoms with van der Waals surface area (Å²) < 4.78 is 8.22. The summed E-state index contributed by atoms with van der Waals surface area (Å²) in [6.45, 7) is 4.16. The van der Waals surface area contributed by atoms with E-state index in [0.29, 0.717) is 24.9 Å². The van der Waals surface area contributed by atoms with Gasteiger partial charge in [0.2, 0.25) is 11.8 Å². The molecule has 1 aliphatic heterocycles. The third kappa shape index (κ3) is 2.96. The Morgan fingerprint density at radius 2 is 2.13 bits per heavy atom. The highest BCUT2D eigenvalue weighted by Gasteiger charge is 2.42. The Hall–Kier alpha value is -2.30. The lowest BCUT2D eigenvalue weighted by Gasteiger charge is -2.24. The first-order valence-corrected chi connectivity index (χ1v) is 8.21. The van der Waals surface area contributed by atoms with Gasteiger partial charge in [0.05, 0.1) is 19.6 Å². The van der Waals surface area contributed by atoms with Gasteiger partial charge < -0.3 is 14.2 Å². The van der Waals surface area contributed by atoms with Crippen molar-refractivity contribution in [2.24, 2.45) is 11.8 Å². The summed E-state index contributed by atoms with van der Waals surface area (Å²) in [4.78, 5) is 18.9. The number of hydrogen-bond acceptors (Lipinski definition) is 3. The van der Waals surface area contributed by atoms with Crippen LogP contribution in [0.4, 0.5) is 0 Å². The number of amides is 1. The van der Waals surface area contributed by atoms with Gasteiger partial charge in [-0.1, -0.05) is 13.0 Å². The van der Waals surface area contributed by atoms with E-state index in [1.807, 2.05) is 29.2 Å². The minimum atomic E-state index is -0.0865. The molecule has 0 radical (unpaired) electrons. The van der Waals surface area contributed by atoms with Crippen LogP contribution in [-0.4, -0.2) is 33.0 Å². The molecule has 4 rings (SSSR count). The van der Waals surface area contributed by atoms with Crippen molar-refractivity contribution in [1.82, 2.24) is 14.5 Å².